The number of ether oxygens (including phenoxy) is 1. The molecule has 0 aliphatic rings. The van der Waals surface area contributed by atoms with E-state index in [1.54, 1.807) is 49.0 Å². The molecular weight excluding hydrogens is 390 g/mol. The van der Waals surface area contributed by atoms with Crippen LogP contribution in [0.4, 0.5) is 5.69 Å². The molecule has 0 saturated carbocycles. The number of thioether (sulfide) groups is 1. The van der Waals surface area contributed by atoms with Gasteiger partial charge in [0.1, 0.15) is 17.3 Å². The molecule has 8 heteroatoms. The number of hydrogen-bond acceptors (Lipinski definition) is 6. The third kappa shape index (κ3) is 5.99. The van der Waals surface area contributed by atoms with Crippen LogP contribution < -0.4 is 15.4 Å². The van der Waals surface area contributed by atoms with Gasteiger partial charge < -0.3 is 19.8 Å². The van der Waals surface area contributed by atoms with E-state index < -0.39 is 6.04 Å². The topological polar surface area (TPSA) is 93.5 Å². The number of nitrogens with zero attached hydrogens (tertiary/aromatic N) is 1. The molecule has 1 unspecified atom stereocenters. The maximum Gasteiger partial charge on any atom is 0.258 e. The second-order valence-electron chi connectivity index (χ2n) is 6.41. The van der Waals surface area contributed by atoms with Crippen molar-refractivity contribution in [2.24, 2.45) is 0 Å². The molecular formula is C21H23N3O4S. The van der Waals surface area contributed by atoms with E-state index in [0.29, 0.717) is 34.8 Å². The van der Waals surface area contributed by atoms with Gasteiger partial charge in [-0.3, -0.25) is 9.59 Å². The van der Waals surface area contributed by atoms with Crippen LogP contribution in [-0.4, -0.2) is 41.5 Å². The molecule has 0 fully saturated rings. The number of anilines is 1. The SMILES string of the molecule is CSCCC(NC(=O)COc1ccccc1)C(=O)Nc1ccc2oc(C)nc2c1. The predicted molar refractivity (Wildman–Crippen MR) is 114 cm³/mol. The Kier molecular flexibility index (Phi) is 7.13. The Hall–Kier alpha value is -3.00. The summed E-state index contributed by atoms with van der Waals surface area (Å²) in [5.41, 5.74) is 1.92. The molecule has 7 nitrogen and oxygen atoms in total. The van der Waals surface area contributed by atoms with Gasteiger partial charge in [-0.2, -0.15) is 11.8 Å². The number of fused-ring (bicyclic) bond motifs is 1. The van der Waals surface area contributed by atoms with Crippen LogP contribution in [-0.2, 0) is 9.59 Å². The molecule has 0 bridgehead atoms. The third-order valence-electron chi connectivity index (χ3n) is 4.14. The highest BCUT2D eigenvalue weighted by atomic mass is 32.2. The highest BCUT2D eigenvalue weighted by molar-refractivity contribution is 7.98. The Labute approximate surface area is 173 Å². The van der Waals surface area contributed by atoms with Crippen molar-refractivity contribution < 1.29 is 18.7 Å². The van der Waals surface area contributed by atoms with E-state index in [9.17, 15) is 9.59 Å². The number of aromatic nitrogens is 1. The number of para-hydroxylation sites is 1. The second-order valence-corrected chi connectivity index (χ2v) is 7.39. The molecule has 2 aromatic carbocycles. The quantitative estimate of drug-likeness (QED) is 0.559. The zero-order valence-electron chi connectivity index (χ0n) is 16.3. The Morgan fingerprint density at radius 1 is 1.21 bits per heavy atom. The van der Waals surface area contributed by atoms with Crippen LogP contribution in [0.1, 0.15) is 12.3 Å². The molecule has 1 aromatic heterocycles. The Balaban J connectivity index is 1.61. The van der Waals surface area contributed by atoms with E-state index in [1.807, 2.05) is 24.5 Å². The fourth-order valence-electron chi connectivity index (χ4n) is 2.76. The molecule has 3 rings (SSSR count). The second kappa shape index (κ2) is 9.97. The highest BCUT2D eigenvalue weighted by Gasteiger charge is 2.21. The minimum atomic E-state index is -0.663. The van der Waals surface area contributed by atoms with Crippen LogP contribution in [0.25, 0.3) is 11.1 Å². The minimum Gasteiger partial charge on any atom is -0.484 e. The maximum atomic E-state index is 12.7. The first-order valence-corrected chi connectivity index (χ1v) is 10.6. The predicted octanol–water partition coefficient (Wildman–Crippen LogP) is 3.39. The summed E-state index contributed by atoms with van der Waals surface area (Å²) in [6.07, 6.45) is 2.46. The Morgan fingerprint density at radius 2 is 2.00 bits per heavy atom. The molecule has 1 atom stereocenters. The lowest BCUT2D eigenvalue weighted by Crippen LogP contribution is -2.45. The average molecular weight is 413 g/mol. The lowest BCUT2D eigenvalue weighted by atomic mass is 10.2. The van der Waals surface area contributed by atoms with Gasteiger partial charge in [-0.15, -0.1) is 0 Å². The van der Waals surface area contributed by atoms with E-state index in [1.165, 1.54) is 0 Å². The molecule has 3 aromatic rings. The number of aryl methyl sites for hydroxylation is 1. The van der Waals surface area contributed by atoms with Crippen molar-refractivity contribution in [1.29, 1.82) is 0 Å². The van der Waals surface area contributed by atoms with Crippen molar-refractivity contribution in [2.75, 3.05) is 23.9 Å². The summed E-state index contributed by atoms with van der Waals surface area (Å²) in [7, 11) is 0. The smallest absolute Gasteiger partial charge is 0.258 e. The van der Waals surface area contributed by atoms with Crippen LogP contribution in [0.15, 0.2) is 52.9 Å². The first-order chi connectivity index (χ1) is 14.0. The minimum absolute atomic E-state index is 0.156. The summed E-state index contributed by atoms with van der Waals surface area (Å²) in [5, 5.41) is 5.61. The van der Waals surface area contributed by atoms with Gasteiger partial charge in [-0.05, 0) is 48.8 Å². The Bertz CT molecular complexity index is 974. The van der Waals surface area contributed by atoms with Crippen LogP contribution in [0.5, 0.6) is 5.75 Å². The molecule has 1 heterocycles. The monoisotopic (exact) mass is 413 g/mol. The van der Waals surface area contributed by atoms with E-state index in [2.05, 4.69) is 15.6 Å². The van der Waals surface area contributed by atoms with E-state index >= 15 is 0 Å². The highest BCUT2D eigenvalue weighted by Crippen LogP contribution is 2.20. The summed E-state index contributed by atoms with van der Waals surface area (Å²) in [6.45, 7) is 1.61. The summed E-state index contributed by atoms with van der Waals surface area (Å²) in [4.78, 5) is 29.3. The number of nitrogens with one attached hydrogen (secondary N) is 2. The van der Waals surface area contributed by atoms with Gasteiger partial charge in [0.25, 0.3) is 5.91 Å². The zero-order chi connectivity index (χ0) is 20.6. The first kappa shape index (κ1) is 20.7. The van der Waals surface area contributed by atoms with Crippen molar-refractivity contribution >= 4 is 40.4 Å². The van der Waals surface area contributed by atoms with Crippen molar-refractivity contribution in [3.63, 3.8) is 0 Å². The van der Waals surface area contributed by atoms with Gasteiger partial charge in [0, 0.05) is 12.6 Å². The lowest BCUT2D eigenvalue weighted by Gasteiger charge is -2.18. The summed E-state index contributed by atoms with van der Waals surface area (Å²) >= 11 is 1.61. The van der Waals surface area contributed by atoms with Gasteiger partial charge >= 0.3 is 0 Å². The van der Waals surface area contributed by atoms with Gasteiger partial charge in [0.2, 0.25) is 5.91 Å². The van der Waals surface area contributed by atoms with Crippen LogP contribution in [0, 0.1) is 6.92 Å². The third-order valence-corrected chi connectivity index (χ3v) is 4.78. The van der Waals surface area contributed by atoms with Crippen molar-refractivity contribution in [2.45, 2.75) is 19.4 Å². The van der Waals surface area contributed by atoms with Crippen molar-refractivity contribution in [3.05, 3.63) is 54.4 Å². The average Bonchev–Trinajstić information content (AvgIpc) is 3.09. The largest absolute Gasteiger partial charge is 0.484 e. The van der Waals surface area contributed by atoms with Gasteiger partial charge in [0.05, 0.1) is 0 Å². The molecule has 0 aliphatic heterocycles. The van der Waals surface area contributed by atoms with Gasteiger partial charge in [-0.1, -0.05) is 18.2 Å². The van der Waals surface area contributed by atoms with Crippen LogP contribution in [0.3, 0.4) is 0 Å². The molecule has 0 aliphatic carbocycles. The summed E-state index contributed by atoms with van der Waals surface area (Å²) in [6, 6.07) is 13.7. The molecule has 0 radical (unpaired) electrons. The number of oxazole rings is 1. The number of benzene rings is 2. The zero-order valence-corrected chi connectivity index (χ0v) is 17.1. The fourth-order valence-corrected chi connectivity index (χ4v) is 3.23. The molecule has 152 valence electrons. The number of carbonyl (C=O) groups is 2. The molecule has 2 N–H and O–H groups in total. The molecule has 2 amide bonds. The van der Waals surface area contributed by atoms with E-state index in [-0.39, 0.29) is 18.4 Å². The van der Waals surface area contributed by atoms with Crippen LogP contribution >= 0.6 is 11.8 Å². The van der Waals surface area contributed by atoms with E-state index in [4.69, 9.17) is 9.15 Å². The summed E-state index contributed by atoms with van der Waals surface area (Å²) < 4.78 is 10.9. The number of hydrogen-bond donors (Lipinski definition) is 2. The van der Waals surface area contributed by atoms with Crippen molar-refractivity contribution in [1.82, 2.24) is 10.3 Å². The van der Waals surface area contributed by atoms with Gasteiger partial charge in [0.15, 0.2) is 18.1 Å². The molecule has 0 spiro atoms. The summed E-state index contributed by atoms with van der Waals surface area (Å²) in [5.74, 6) is 1.26. The fraction of sp³-hybridized carbons (Fsp3) is 0.286. The van der Waals surface area contributed by atoms with Gasteiger partial charge in [-0.25, -0.2) is 4.98 Å². The number of carbonyl (C=O) groups excluding carboxylic acids is 2. The van der Waals surface area contributed by atoms with Crippen molar-refractivity contribution in [3.8, 4) is 5.75 Å². The lowest BCUT2D eigenvalue weighted by molar-refractivity contribution is -0.127. The maximum absolute atomic E-state index is 12.7. The molecule has 29 heavy (non-hydrogen) atoms. The first-order valence-electron chi connectivity index (χ1n) is 9.19. The number of rotatable bonds is 9. The number of amides is 2. The standard InChI is InChI=1S/C21H23N3O4S/c1-14-22-18-12-15(8-9-19(18)28-14)23-21(26)17(10-11-29-2)24-20(25)13-27-16-6-4-3-5-7-16/h3-9,12,17H,10-11,13H2,1-2H3,(H,23,26)(H,24,25). The Morgan fingerprint density at radius 3 is 2.76 bits per heavy atom. The van der Waals surface area contributed by atoms with E-state index in [0.717, 1.165) is 5.75 Å². The normalized spacial score (nSPS) is 11.8. The van der Waals surface area contributed by atoms with Crippen LogP contribution in [0.2, 0.25) is 0 Å². The molecule has 0 saturated heterocycles.